The molecule has 0 radical (unpaired) electrons. The fourth-order valence-corrected chi connectivity index (χ4v) is 5.28. The van der Waals surface area contributed by atoms with Crippen molar-refractivity contribution in [1.29, 1.82) is 0 Å². The number of rotatable bonds is 7. The SMILES string of the molecule is COc1cccc(N2C(=O)c3oc4cc(C)c(C)cc4c(=O)c3C2c2ccc(OCc3ccccc3)c(OC)c2)c1. The lowest BCUT2D eigenvalue weighted by Gasteiger charge is -2.26. The van der Waals surface area contributed by atoms with Crippen LogP contribution in [0.4, 0.5) is 5.69 Å². The zero-order valence-corrected chi connectivity index (χ0v) is 23.3. The van der Waals surface area contributed by atoms with Crippen molar-refractivity contribution in [2.24, 2.45) is 0 Å². The van der Waals surface area contributed by atoms with Gasteiger partial charge in [0.2, 0.25) is 5.76 Å². The molecule has 206 valence electrons. The lowest BCUT2D eigenvalue weighted by molar-refractivity contribution is 0.0971. The first-order valence-corrected chi connectivity index (χ1v) is 13.3. The molecule has 1 aliphatic heterocycles. The minimum absolute atomic E-state index is 0.0296. The maximum absolute atomic E-state index is 14.1. The summed E-state index contributed by atoms with van der Waals surface area (Å²) in [4.78, 5) is 29.7. The second-order valence-electron chi connectivity index (χ2n) is 10.1. The number of amides is 1. The third kappa shape index (κ3) is 4.59. The molecule has 2 heterocycles. The highest BCUT2D eigenvalue weighted by Crippen LogP contribution is 2.44. The smallest absolute Gasteiger partial charge is 0.295 e. The maximum atomic E-state index is 14.1. The normalized spacial score (nSPS) is 14.3. The molecule has 0 aliphatic carbocycles. The van der Waals surface area contributed by atoms with Crippen LogP contribution in [0, 0.1) is 13.8 Å². The first kappa shape index (κ1) is 26.2. The number of anilines is 1. The van der Waals surface area contributed by atoms with Gasteiger partial charge >= 0.3 is 0 Å². The number of carbonyl (C=O) groups is 1. The van der Waals surface area contributed by atoms with Crippen molar-refractivity contribution in [2.45, 2.75) is 26.5 Å². The fraction of sp³-hybridized carbons (Fsp3) is 0.176. The highest BCUT2D eigenvalue weighted by molar-refractivity contribution is 6.10. The summed E-state index contributed by atoms with van der Waals surface area (Å²) in [5.41, 5.74) is 4.65. The van der Waals surface area contributed by atoms with Crippen molar-refractivity contribution in [3.8, 4) is 17.2 Å². The molecule has 7 nitrogen and oxygen atoms in total. The molecule has 1 unspecified atom stereocenters. The summed E-state index contributed by atoms with van der Waals surface area (Å²) in [5.74, 6) is 1.25. The molecule has 0 saturated heterocycles. The number of aryl methyl sites for hydroxylation is 2. The van der Waals surface area contributed by atoms with Crippen LogP contribution in [-0.4, -0.2) is 20.1 Å². The minimum atomic E-state index is -0.760. The summed E-state index contributed by atoms with van der Waals surface area (Å²) in [6.45, 7) is 4.26. The lowest BCUT2D eigenvalue weighted by atomic mass is 9.97. The predicted octanol–water partition coefficient (Wildman–Crippen LogP) is 6.76. The first-order valence-electron chi connectivity index (χ1n) is 13.3. The Hall–Kier alpha value is -5.04. The lowest BCUT2D eigenvalue weighted by Crippen LogP contribution is -2.29. The number of hydrogen-bond acceptors (Lipinski definition) is 6. The minimum Gasteiger partial charge on any atom is -0.497 e. The van der Waals surface area contributed by atoms with Crippen LogP contribution in [0.2, 0.25) is 0 Å². The maximum Gasteiger partial charge on any atom is 0.295 e. The highest BCUT2D eigenvalue weighted by atomic mass is 16.5. The molecule has 0 fully saturated rings. The molecule has 6 rings (SSSR count). The summed E-state index contributed by atoms with van der Waals surface area (Å²) in [6, 6.07) is 25.4. The van der Waals surface area contributed by atoms with Gasteiger partial charge < -0.3 is 18.6 Å². The van der Waals surface area contributed by atoms with Gasteiger partial charge in [0.1, 0.15) is 17.9 Å². The molecule has 0 bridgehead atoms. The number of carbonyl (C=O) groups excluding carboxylic acids is 1. The molecule has 4 aromatic carbocycles. The summed E-state index contributed by atoms with van der Waals surface area (Å²) < 4.78 is 23.4. The van der Waals surface area contributed by atoms with E-state index in [9.17, 15) is 9.59 Å². The molecule has 1 aromatic heterocycles. The third-order valence-corrected chi connectivity index (χ3v) is 7.56. The number of ether oxygens (including phenoxy) is 3. The van der Waals surface area contributed by atoms with Gasteiger partial charge in [0, 0.05) is 11.8 Å². The summed E-state index contributed by atoms with van der Waals surface area (Å²) in [6.07, 6.45) is 0. The van der Waals surface area contributed by atoms with Gasteiger partial charge in [-0.1, -0.05) is 42.5 Å². The van der Waals surface area contributed by atoms with Crippen LogP contribution < -0.4 is 24.5 Å². The average molecular weight is 548 g/mol. The zero-order chi connectivity index (χ0) is 28.7. The van der Waals surface area contributed by atoms with E-state index in [1.807, 2.05) is 74.5 Å². The highest BCUT2D eigenvalue weighted by Gasteiger charge is 2.44. The molecule has 7 heteroatoms. The molecule has 0 spiro atoms. The number of methoxy groups -OCH3 is 2. The van der Waals surface area contributed by atoms with Crippen LogP contribution in [0.15, 0.2) is 94.1 Å². The van der Waals surface area contributed by atoms with Crippen molar-refractivity contribution < 1.29 is 23.4 Å². The standard InChI is InChI=1S/C34H29NO6/c1-20-15-26-28(16-21(20)2)41-33-30(32(26)36)31(35(34(33)37)24-11-8-12-25(18-24)38-3)23-13-14-27(29(17-23)39-4)40-19-22-9-6-5-7-10-22/h5-18,31H,19H2,1-4H3. The Kier molecular flexibility index (Phi) is 6.71. The Morgan fingerprint density at radius 3 is 2.34 bits per heavy atom. The van der Waals surface area contributed by atoms with E-state index in [2.05, 4.69) is 0 Å². The summed E-state index contributed by atoms with van der Waals surface area (Å²) in [7, 11) is 3.13. The number of benzene rings is 4. The first-order chi connectivity index (χ1) is 19.9. The van der Waals surface area contributed by atoms with Crippen molar-refractivity contribution in [3.05, 3.63) is 129 Å². The van der Waals surface area contributed by atoms with E-state index >= 15 is 0 Å². The topological polar surface area (TPSA) is 78.2 Å². The predicted molar refractivity (Wildman–Crippen MR) is 157 cm³/mol. The Bertz CT molecular complexity index is 1840. The van der Waals surface area contributed by atoms with E-state index < -0.39 is 11.9 Å². The molecule has 1 atom stereocenters. The van der Waals surface area contributed by atoms with Crippen molar-refractivity contribution in [3.63, 3.8) is 0 Å². The van der Waals surface area contributed by atoms with E-state index in [1.165, 1.54) is 0 Å². The quantitative estimate of drug-likeness (QED) is 0.224. The molecule has 5 aromatic rings. The van der Waals surface area contributed by atoms with Gasteiger partial charge in [-0.3, -0.25) is 14.5 Å². The Labute approximate surface area is 237 Å². The van der Waals surface area contributed by atoms with E-state index in [0.717, 1.165) is 16.7 Å². The van der Waals surface area contributed by atoms with Crippen LogP contribution >= 0.6 is 0 Å². The van der Waals surface area contributed by atoms with Crippen LogP contribution in [0.25, 0.3) is 11.0 Å². The second kappa shape index (κ2) is 10.5. The largest absolute Gasteiger partial charge is 0.497 e. The molecule has 0 N–H and O–H groups in total. The van der Waals surface area contributed by atoms with E-state index in [0.29, 0.717) is 46.1 Å². The van der Waals surface area contributed by atoms with Crippen LogP contribution in [0.5, 0.6) is 17.2 Å². The van der Waals surface area contributed by atoms with Gasteiger partial charge in [-0.25, -0.2) is 0 Å². The van der Waals surface area contributed by atoms with Crippen LogP contribution in [0.3, 0.4) is 0 Å². The Balaban J connectivity index is 1.51. The van der Waals surface area contributed by atoms with Crippen molar-refractivity contribution in [1.82, 2.24) is 0 Å². The molecule has 41 heavy (non-hydrogen) atoms. The third-order valence-electron chi connectivity index (χ3n) is 7.56. The monoisotopic (exact) mass is 547 g/mol. The fourth-order valence-electron chi connectivity index (χ4n) is 5.28. The van der Waals surface area contributed by atoms with E-state index in [-0.39, 0.29) is 16.8 Å². The van der Waals surface area contributed by atoms with E-state index in [4.69, 9.17) is 18.6 Å². The molecular weight excluding hydrogens is 518 g/mol. The Morgan fingerprint density at radius 2 is 1.59 bits per heavy atom. The average Bonchev–Trinajstić information content (AvgIpc) is 3.29. The van der Waals surface area contributed by atoms with Crippen molar-refractivity contribution in [2.75, 3.05) is 19.1 Å². The van der Waals surface area contributed by atoms with Gasteiger partial charge in [-0.15, -0.1) is 0 Å². The summed E-state index contributed by atoms with van der Waals surface area (Å²) >= 11 is 0. The molecule has 1 amide bonds. The van der Waals surface area contributed by atoms with Gasteiger partial charge in [-0.2, -0.15) is 0 Å². The van der Waals surface area contributed by atoms with Crippen LogP contribution in [-0.2, 0) is 6.61 Å². The molecule has 1 aliphatic rings. The number of nitrogens with zero attached hydrogens (tertiary/aromatic N) is 1. The summed E-state index contributed by atoms with van der Waals surface area (Å²) in [5, 5.41) is 0.437. The second-order valence-corrected chi connectivity index (χ2v) is 10.1. The van der Waals surface area contributed by atoms with Gasteiger partial charge in [0.25, 0.3) is 5.91 Å². The van der Waals surface area contributed by atoms with Crippen LogP contribution in [0.1, 0.15) is 44.4 Å². The molecule has 0 saturated carbocycles. The van der Waals surface area contributed by atoms with Gasteiger partial charge in [0.15, 0.2) is 16.9 Å². The number of fused-ring (bicyclic) bond motifs is 2. The number of hydrogen-bond donors (Lipinski definition) is 0. The van der Waals surface area contributed by atoms with E-state index in [1.54, 1.807) is 43.4 Å². The molecular formula is C34H29NO6. The van der Waals surface area contributed by atoms with Gasteiger partial charge in [0.05, 0.1) is 31.2 Å². The van der Waals surface area contributed by atoms with Crippen molar-refractivity contribution >= 4 is 22.6 Å². The Morgan fingerprint density at radius 1 is 0.805 bits per heavy atom. The zero-order valence-electron chi connectivity index (χ0n) is 23.3. The van der Waals surface area contributed by atoms with Gasteiger partial charge in [-0.05, 0) is 72.5 Å².